The highest BCUT2D eigenvalue weighted by molar-refractivity contribution is 5.87. The van der Waals surface area contributed by atoms with E-state index in [9.17, 15) is 9.59 Å². The van der Waals surface area contributed by atoms with Gasteiger partial charge in [0.25, 0.3) is 5.91 Å². The Morgan fingerprint density at radius 1 is 1.24 bits per heavy atom. The number of fused-ring (bicyclic) bond motifs is 2. The Morgan fingerprint density at radius 3 is 2.85 bits per heavy atom. The lowest BCUT2D eigenvalue weighted by atomic mass is 9.86. The van der Waals surface area contributed by atoms with E-state index in [1.165, 1.54) is 4.68 Å². The van der Waals surface area contributed by atoms with Crippen LogP contribution in [0.1, 0.15) is 64.2 Å². The average molecular weight is 448 g/mol. The van der Waals surface area contributed by atoms with E-state index in [1.807, 2.05) is 30.3 Å². The number of nitrogens with zero attached hydrogens (tertiary/aromatic N) is 3. The van der Waals surface area contributed by atoms with Crippen molar-refractivity contribution in [2.24, 2.45) is 0 Å². The summed E-state index contributed by atoms with van der Waals surface area (Å²) < 4.78 is 6.97. The van der Waals surface area contributed by atoms with Crippen molar-refractivity contribution in [1.29, 1.82) is 0 Å². The first-order valence-electron chi connectivity index (χ1n) is 11.6. The molecule has 1 aromatic carbocycles. The third-order valence-electron chi connectivity index (χ3n) is 6.72. The standard InChI is InChI=1S/C25H29N5O3/c1-2-17-13-19-18(9-6-10-21(19)27-17)24(31)30-22-11-12-29(14-20(22)23(26)28-30)25(32)33-15-16-7-4-3-5-8-16/h3-5,7-8,13,18,27H,2,6,9-12,14-15H2,1H3,(H2,26,28). The molecule has 3 heterocycles. The van der Waals surface area contributed by atoms with E-state index in [0.717, 1.165) is 59.5 Å². The van der Waals surface area contributed by atoms with Gasteiger partial charge in [-0.3, -0.25) is 4.79 Å². The summed E-state index contributed by atoms with van der Waals surface area (Å²) in [5.74, 6) is 0.0477. The first-order chi connectivity index (χ1) is 16.0. The Hall–Kier alpha value is -3.55. The molecule has 3 N–H and O–H groups in total. The topological polar surface area (TPSA) is 106 Å². The lowest BCUT2D eigenvalue weighted by Crippen LogP contribution is -2.37. The van der Waals surface area contributed by atoms with E-state index in [4.69, 9.17) is 10.5 Å². The van der Waals surface area contributed by atoms with Gasteiger partial charge in [-0.15, -0.1) is 5.10 Å². The summed E-state index contributed by atoms with van der Waals surface area (Å²) in [7, 11) is 0. The fourth-order valence-corrected chi connectivity index (χ4v) is 4.92. The molecule has 2 aliphatic rings. The first kappa shape index (κ1) is 21.3. The highest BCUT2D eigenvalue weighted by atomic mass is 16.6. The molecule has 0 saturated heterocycles. The van der Waals surface area contributed by atoms with Crippen LogP contribution in [0.25, 0.3) is 0 Å². The molecule has 1 amide bonds. The number of carbonyl (C=O) groups is 2. The molecule has 3 aromatic rings. The molecule has 8 heteroatoms. The minimum atomic E-state index is -0.390. The number of anilines is 1. The summed E-state index contributed by atoms with van der Waals surface area (Å²) in [4.78, 5) is 31.2. The minimum Gasteiger partial charge on any atom is -0.445 e. The van der Waals surface area contributed by atoms with Gasteiger partial charge in [0.05, 0.1) is 18.2 Å². The van der Waals surface area contributed by atoms with Crippen LogP contribution in [0.5, 0.6) is 0 Å². The number of hydrogen-bond donors (Lipinski definition) is 2. The Balaban J connectivity index is 1.32. The lowest BCUT2D eigenvalue weighted by molar-refractivity contribution is 0.0839. The number of H-pyrrole nitrogens is 1. The first-order valence-corrected chi connectivity index (χ1v) is 11.6. The molecular formula is C25H29N5O3. The van der Waals surface area contributed by atoms with Crippen LogP contribution in [0, 0.1) is 0 Å². The van der Waals surface area contributed by atoms with E-state index in [-0.39, 0.29) is 24.5 Å². The van der Waals surface area contributed by atoms with Gasteiger partial charge in [0.15, 0.2) is 5.82 Å². The maximum atomic E-state index is 13.5. The Bertz CT molecular complexity index is 1180. The summed E-state index contributed by atoms with van der Waals surface area (Å²) >= 11 is 0. The molecule has 5 rings (SSSR count). The maximum absolute atomic E-state index is 13.5. The van der Waals surface area contributed by atoms with E-state index in [2.05, 4.69) is 23.1 Å². The largest absolute Gasteiger partial charge is 0.445 e. The fraction of sp³-hybridized carbons (Fsp3) is 0.400. The number of carbonyl (C=O) groups excluding carboxylic acids is 2. The third kappa shape index (κ3) is 4.01. The molecule has 0 saturated carbocycles. The van der Waals surface area contributed by atoms with Gasteiger partial charge in [-0.05, 0) is 42.9 Å². The van der Waals surface area contributed by atoms with Crippen molar-refractivity contribution in [3.63, 3.8) is 0 Å². The van der Waals surface area contributed by atoms with E-state index >= 15 is 0 Å². The van der Waals surface area contributed by atoms with Crippen molar-refractivity contribution < 1.29 is 14.3 Å². The van der Waals surface area contributed by atoms with E-state index in [1.54, 1.807) is 4.90 Å². The molecular weight excluding hydrogens is 418 g/mol. The smallest absolute Gasteiger partial charge is 0.410 e. The number of aromatic nitrogens is 3. The number of hydrogen-bond acceptors (Lipinski definition) is 5. The Labute approximate surface area is 192 Å². The molecule has 0 fully saturated rings. The number of aromatic amines is 1. The van der Waals surface area contributed by atoms with Crippen molar-refractivity contribution in [3.8, 4) is 0 Å². The second-order valence-electron chi connectivity index (χ2n) is 8.80. The second kappa shape index (κ2) is 8.77. The van der Waals surface area contributed by atoms with Gasteiger partial charge in [0.2, 0.25) is 0 Å². The van der Waals surface area contributed by atoms with Crippen molar-refractivity contribution in [3.05, 3.63) is 70.2 Å². The molecule has 8 nitrogen and oxygen atoms in total. The number of rotatable bonds is 4. The number of nitrogens with two attached hydrogens (primary N) is 1. The average Bonchev–Trinajstić information content (AvgIpc) is 3.43. The zero-order valence-corrected chi connectivity index (χ0v) is 18.8. The molecule has 172 valence electrons. The molecule has 1 atom stereocenters. The minimum absolute atomic E-state index is 0.0364. The van der Waals surface area contributed by atoms with Crippen molar-refractivity contribution in [1.82, 2.24) is 19.7 Å². The molecule has 0 bridgehead atoms. The van der Waals surface area contributed by atoms with Crippen molar-refractivity contribution in [2.75, 3.05) is 12.3 Å². The van der Waals surface area contributed by atoms with Crippen molar-refractivity contribution in [2.45, 2.75) is 58.1 Å². The molecule has 1 aliphatic heterocycles. The molecule has 0 spiro atoms. The van der Waals surface area contributed by atoms with Crippen LogP contribution in [0.4, 0.5) is 10.6 Å². The summed E-state index contributed by atoms with van der Waals surface area (Å²) in [6.45, 7) is 3.08. The second-order valence-corrected chi connectivity index (χ2v) is 8.80. The zero-order chi connectivity index (χ0) is 22.9. The van der Waals surface area contributed by atoms with Gasteiger partial charge < -0.3 is 20.4 Å². The van der Waals surface area contributed by atoms with Gasteiger partial charge >= 0.3 is 6.09 Å². The lowest BCUT2D eigenvalue weighted by Gasteiger charge is -2.27. The third-order valence-corrected chi connectivity index (χ3v) is 6.72. The summed E-state index contributed by atoms with van der Waals surface area (Å²) in [5.41, 5.74) is 12.1. The van der Waals surface area contributed by atoms with Crippen LogP contribution in [0.2, 0.25) is 0 Å². The zero-order valence-electron chi connectivity index (χ0n) is 18.8. The summed E-state index contributed by atoms with van der Waals surface area (Å²) in [5, 5.41) is 4.41. The quantitative estimate of drug-likeness (QED) is 0.633. The van der Waals surface area contributed by atoms with Gasteiger partial charge in [-0.1, -0.05) is 37.3 Å². The normalized spacial score (nSPS) is 17.4. The molecule has 33 heavy (non-hydrogen) atoms. The van der Waals surface area contributed by atoms with Crippen LogP contribution >= 0.6 is 0 Å². The van der Waals surface area contributed by atoms with E-state index < -0.39 is 0 Å². The number of aryl methyl sites for hydroxylation is 2. The number of nitrogens with one attached hydrogen (secondary N) is 1. The molecule has 1 aliphatic carbocycles. The van der Waals surface area contributed by atoms with Crippen LogP contribution in [0.15, 0.2) is 36.4 Å². The SMILES string of the molecule is CCc1cc2c([nH]1)CCCC2C(=O)n1nc(N)c2c1CCN(C(=O)OCc1ccccc1)C2. The van der Waals surface area contributed by atoms with Gasteiger partial charge in [-0.2, -0.15) is 0 Å². The van der Waals surface area contributed by atoms with Gasteiger partial charge in [0, 0.05) is 29.9 Å². The molecule has 2 aromatic heterocycles. The molecule has 1 unspecified atom stereocenters. The number of benzene rings is 1. The van der Waals surface area contributed by atoms with Crippen LogP contribution in [-0.4, -0.2) is 38.2 Å². The number of amides is 1. The Kier molecular flexibility index (Phi) is 5.66. The predicted octanol–water partition coefficient (Wildman–Crippen LogP) is 3.81. The predicted molar refractivity (Wildman–Crippen MR) is 124 cm³/mol. The summed E-state index contributed by atoms with van der Waals surface area (Å²) in [6.07, 6.45) is 3.77. The highest BCUT2D eigenvalue weighted by Crippen LogP contribution is 2.35. The van der Waals surface area contributed by atoms with E-state index in [0.29, 0.717) is 25.3 Å². The van der Waals surface area contributed by atoms with Crippen LogP contribution in [0.3, 0.4) is 0 Å². The number of ether oxygens (including phenoxy) is 1. The Morgan fingerprint density at radius 2 is 2.06 bits per heavy atom. The fourth-order valence-electron chi connectivity index (χ4n) is 4.92. The van der Waals surface area contributed by atoms with Crippen LogP contribution in [-0.2, 0) is 37.2 Å². The van der Waals surface area contributed by atoms with Crippen molar-refractivity contribution >= 4 is 17.8 Å². The van der Waals surface area contributed by atoms with Gasteiger partial charge in [0.1, 0.15) is 6.61 Å². The highest BCUT2D eigenvalue weighted by Gasteiger charge is 2.34. The van der Waals surface area contributed by atoms with Crippen LogP contribution < -0.4 is 5.73 Å². The summed E-state index contributed by atoms with van der Waals surface area (Å²) in [6, 6.07) is 11.7. The number of nitrogen functional groups attached to an aromatic ring is 1. The van der Waals surface area contributed by atoms with Gasteiger partial charge in [-0.25, -0.2) is 9.48 Å². The molecule has 0 radical (unpaired) electrons. The monoisotopic (exact) mass is 447 g/mol. The maximum Gasteiger partial charge on any atom is 0.410 e.